The summed E-state index contributed by atoms with van der Waals surface area (Å²) >= 11 is 0. The van der Waals surface area contributed by atoms with Crippen LogP contribution in [0, 0.1) is 13.8 Å². The van der Waals surface area contributed by atoms with Gasteiger partial charge in [0, 0.05) is 11.3 Å². The number of nitrogens with zero attached hydrogens (tertiary/aromatic N) is 1. The lowest BCUT2D eigenvalue weighted by Gasteiger charge is -2.23. The van der Waals surface area contributed by atoms with E-state index in [1.54, 1.807) is 18.2 Å². The molecule has 1 amide bonds. The molecule has 0 saturated heterocycles. The van der Waals surface area contributed by atoms with Crippen LogP contribution in [0.4, 0.5) is 11.4 Å². The van der Waals surface area contributed by atoms with Gasteiger partial charge in [-0.05, 0) is 97.3 Å². The van der Waals surface area contributed by atoms with Crippen molar-refractivity contribution in [3.8, 4) is 0 Å². The zero-order valence-electron chi connectivity index (χ0n) is 18.7. The molecule has 0 aromatic heterocycles. The Morgan fingerprint density at radius 1 is 0.938 bits per heavy atom. The smallest absolute Gasteiger partial charge is 0.255 e. The maximum Gasteiger partial charge on any atom is 0.255 e. The number of anilines is 2. The van der Waals surface area contributed by atoms with Crippen LogP contribution in [0.25, 0.3) is 0 Å². The number of carbonyl (C=O) groups excluding carboxylic acids is 1. The van der Waals surface area contributed by atoms with E-state index in [1.165, 1.54) is 21.7 Å². The van der Waals surface area contributed by atoms with Gasteiger partial charge in [0.25, 0.3) is 5.91 Å². The van der Waals surface area contributed by atoms with Crippen molar-refractivity contribution in [1.29, 1.82) is 0 Å². The first-order valence-corrected chi connectivity index (χ1v) is 12.6. The number of amides is 1. The first kappa shape index (κ1) is 22.1. The molecule has 0 unspecified atom stereocenters. The molecule has 0 atom stereocenters. The molecule has 1 aliphatic carbocycles. The molecule has 0 fully saturated rings. The van der Waals surface area contributed by atoms with Gasteiger partial charge in [0.05, 0.1) is 18.5 Å². The number of aryl methyl sites for hydroxylation is 4. The Bertz CT molecular complexity index is 1280. The third-order valence-electron chi connectivity index (χ3n) is 6.05. The minimum atomic E-state index is -3.50. The zero-order chi connectivity index (χ0) is 22.9. The fourth-order valence-electron chi connectivity index (χ4n) is 4.11. The van der Waals surface area contributed by atoms with Gasteiger partial charge < -0.3 is 5.32 Å². The average molecular weight is 449 g/mol. The zero-order valence-corrected chi connectivity index (χ0v) is 19.5. The molecule has 1 aliphatic rings. The van der Waals surface area contributed by atoms with Crippen molar-refractivity contribution in [1.82, 2.24) is 0 Å². The Hall–Kier alpha value is -3.12. The van der Waals surface area contributed by atoms with Crippen molar-refractivity contribution >= 4 is 27.3 Å². The van der Waals surface area contributed by atoms with E-state index in [0.717, 1.165) is 41.6 Å². The number of rotatable bonds is 6. The van der Waals surface area contributed by atoms with Crippen molar-refractivity contribution in [2.24, 2.45) is 0 Å². The predicted octanol–water partition coefficient (Wildman–Crippen LogP) is 5.01. The molecule has 0 bridgehead atoms. The highest BCUT2D eigenvalue weighted by atomic mass is 32.2. The van der Waals surface area contributed by atoms with Gasteiger partial charge in [-0.2, -0.15) is 0 Å². The van der Waals surface area contributed by atoms with Crippen molar-refractivity contribution in [3.05, 3.63) is 94.0 Å². The Labute approximate surface area is 190 Å². The minimum absolute atomic E-state index is 0.154. The topological polar surface area (TPSA) is 66.5 Å². The van der Waals surface area contributed by atoms with Crippen molar-refractivity contribution in [2.75, 3.05) is 15.9 Å². The van der Waals surface area contributed by atoms with Gasteiger partial charge >= 0.3 is 0 Å². The molecule has 3 aromatic rings. The summed E-state index contributed by atoms with van der Waals surface area (Å²) in [4.78, 5) is 12.9. The highest BCUT2D eigenvalue weighted by molar-refractivity contribution is 7.92. The van der Waals surface area contributed by atoms with Crippen LogP contribution < -0.4 is 9.62 Å². The maximum atomic E-state index is 12.9. The third-order valence-corrected chi connectivity index (χ3v) is 7.19. The number of hydrogen-bond acceptors (Lipinski definition) is 3. The van der Waals surface area contributed by atoms with Gasteiger partial charge in [0.2, 0.25) is 10.0 Å². The number of nitrogens with one attached hydrogen (secondary N) is 1. The lowest BCUT2D eigenvalue weighted by Crippen LogP contribution is -2.29. The van der Waals surface area contributed by atoms with Crippen molar-refractivity contribution in [3.63, 3.8) is 0 Å². The highest BCUT2D eigenvalue weighted by Crippen LogP contribution is 2.26. The van der Waals surface area contributed by atoms with Crippen LogP contribution in [-0.2, 0) is 29.4 Å². The molecular formula is C26H28N2O3S. The summed E-state index contributed by atoms with van der Waals surface area (Å²) in [7, 11) is -3.50. The predicted molar refractivity (Wildman–Crippen MR) is 130 cm³/mol. The van der Waals surface area contributed by atoms with Crippen LogP contribution in [0.15, 0.2) is 60.7 Å². The maximum absolute atomic E-state index is 12.9. The lowest BCUT2D eigenvalue weighted by atomic mass is 10.1. The molecule has 3 aromatic carbocycles. The summed E-state index contributed by atoms with van der Waals surface area (Å²) < 4.78 is 26.4. The molecule has 5 nitrogen and oxygen atoms in total. The molecule has 6 heteroatoms. The monoisotopic (exact) mass is 448 g/mol. The van der Waals surface area contributed by atoms with E-state index < -0.39 is 10.0 Å². The Balaban J connectivity index is 1.55. The lowest BCUT2D eigenvalue weighted by molar-refractivity contribution is 0.102. The number of benzene rings is 3. The summed E-state index contributed by atoms with van der Waals surface area (Å²) in [6.45, 7) is 4.11. The second-order valence-corrected chi connectivity index (χ2v) is 10.4. The van der Waals surface area contributed by atoms with Crippen LogP contribution >= 0.6 is 0 Å². The molecule has 166 valence electrons. The second-order valence-electron chi connectivity index (χ2n) is 8.53. The molecule has 0 heterocycles. The van der Waals surface area contributed by atoms with Gasteiger partial charge in [-0.15, -0.1) is 0 Å². The minimum Gasteiger partial charge on any atom is -0.322 e. The standard InChI is InChI=1S/C26H28N2O3S/c1-18-10-13-25(14-19(18)2)28(32(3,30)31)17-20-6-4-9-23(15-20)26(29)27-24-12-11-21-7-5-8-22(21)16-24/h4,6,9-16H,5,7-8,17H2,1-3H3,(H,27,29). The van der Waals surface area contributed by atoms with E-state index >= 15 is 0 Å². The summed E-state index contributed by atoms with van der Waals surface area (Å²) in [5, 5.41) is 2.97. The van der Waals surface area contributed by atoms with Crippen LogP contribution in [-0.4, -0.2) is 20.6 Å². The first-order chi connectivity index (χ1) is 15.2. The van der Waals surface area contributed by atoms with Crippen LogP contribution in [0.3, 0.4) is 0 Å². The Kier molecular flexibility index (Phi) is 6.07. The number of hydrogen-bond donors (Lipinski definition) is 1. The Morgan fingerprint density at radius 2 is 1.72 bits per heavy atom. The summed E-state index contributed by atoms with van der Waals surface area (Å²) in [6.07, 6.45) is 4.51. The summed E-state index contributed by atoms with van der Waals surface area (Å²) in [5.74, 6) is -0.207. The largest absolute Gasteiger partial charge is 0.322 e. The van der Waals surface area contributed by atoms with Crippen molar-refractivity contribution in [2.45, 2.75) is 39.7 Å². The summed E-state index contributed by atoms with van der Waals surface area (Å²) in [6, 6.07) is 18.8. The van der Waals surface area contributed by atoms with Crippen LogP contribution in [0.5, 0.6) is 0 Å². The number of sulfonamides is 1. The van der Waals surface area contributed by atoms with Crippen LogP contribution in [0.1, 0.15) is 44.6 Å². The average Bonchev–Trinajstić information content (AvgIpc) is 3.21. The molecule has 4 rings (SSSR count). The molecular weight excluding hydrogens is 420 g/mol. The van der Waals surface area contributed by atoms with E-state index in [1.807, 2.05) is 44.2 Å². The highest BCUT2D eigenvalue weighted by Gasteiger charge is 2.19. The van der Waals surface area contributed by atoms with Gasteiger partial charge in [0.1, 0.15) is 0 Å². The molecule has 0 spiro atoms. The number of carbonyl (C=O) groups is 1. The Morgan fingerprint density at radius 3 is 2.47 bits per heavy atom. The molecule has 0 saturated carbocycles. The normalized spacial score (nSPS) is 13.0. The van der Waals surface area contributed by atoms with E-state index in [2.05, 4.69) is 17.4 Å². The third kappa shape index (κ3) is 4.86. The molecule has 0 radical (unpaired) electrons. The van der Waals surface area contributed by atoms with Gasteiger partial charge in [0.15, 0.2) is 0 Å². The molecule has 1 N–H and O–H groups in total. The van der Waals surface area contributed by atoms with E-state index in [9.17, 15) is 13.2 Å². The van der Waals surface area contributed by atoms with E-state index in [4.69, 9.17) is 0 Å². The van der Waals surface area contributed by atoms with E-state index in [-0.39, 0.29) is 12.5 Å². The van der Waals surface area contributed by atoms with Gasteiger partial charge in [-0.1, -0.05) is 24.3 Å². The fraction of sp³-hybridized carbons (Fsp3) is 0.269. The second kappa shape index (κ2) is 8.79. The van der Waals surface area contributed by atoms with Crippen LogP contribution in [0.2, 0.25) is 0 Å². The van der Waals surface area contributed by atoms with Gasteiger partial charge in [-0.25, -0.2) is 8.42 Å². The SMILES string of the molecule is Cc1ccc(N(Cc2cccc(C(=O)Nc3ccc4c(c3)CCC4)c2)S(C)(=O)=O)cc1C. The quantitative estimate of drug-likeness (QED) is 0.576. The molecule has 0 aliphatic heterocycles. The fourth-order valence-corrected chi connectivity index (χ4v) is 4.99. The van der Waals surface area contributed by atoms with Gasteiger partial charge in [-0.3, -0.25) is 9.10 Å². The molecule has 32 heavy (non-hydrogen) atoms. The van der Waals surface area contributed by atoms with Crippen molar-refractivity contribution < 1.29 is 13.2 Å². The first-order valence-electron chi connectivity index (χ1n) is 10.8. The van der Waals surface area contributed by atoms with E-state index in [0.29, 0.717) is 11.3 Å². The summed E-state index contributed by atoms with van der Waals surface area (Å²) in [5.41, 5.74) is 7.43. The number of fused-ring (bicyclic) bond motifs is 1.